The van der Waals surface area contributed by atoms with Crippen molar-refractivity contribution in [2.75, 3.05) is 38.3 Å². The molecule has 0 unspecified atom stereocenters. The number of benzene rings is 1. The lowest BCUT2D eigenvalue weighted by Gasteiger charge is -2.31. The molecule has 1 aromatic heterocycles. The molecule has 1 amide bonds. The molecule has 1 aromatic carbocycles. The SMILES string of the molecule is CN(Cc1ccccn1)C(=O)c1ccccc1N1CCOCC1. The zero-order chi connectivity index (χ0) is 16.1. The van der Waals surface area contributed by atoms with Gasteiger partial charge in [-0.3, -0.25) is 9.78 Å². The Morgan fingerprint density at radius 3 is 2.65 bits per heavy atom. The number of carbonyl (C=O) groups is 1. The van der Waals surface area contributed by atoms with Crippen molar-refractivity contribution in [1.82, 2.24) is 9.88 Å². The van der Waals surface area contributed by atoms with E-state index in [4.69, 9.17) is 4.74 Å². The van der Waals surface area contributed by atoms with Crippen LogP contribution in [0, 0.1) is 0 Å². The second-order valence-corrected chi connectivity index (χ2v) is 5.60. The topological polar surface area (TPSA) is 45.7 Å². The number of pyridine rings is 1. The van der Waals surface area contributed by atoms with Crippen LogP contribution in [0.4, 0.5) is 5.69 Å². The zero-order valence-corrected chi connectivity index (χ0v) is 13.3. The third kappa shape index (κ3) is 3.68. The van der Waals surface area contributed by atoms with Crippen LogP contribution in [0.5, 0.6) is 0 Å². The Labute approximate surface area is 136 Å². The maximum Gasteiger partial charge on any atom is 0.256 e. The number of anilines is 1. The van der Waals surface area contributed by atoms with Gasteiger partial charge in [0.2, 0.25) is 0 Å². The molecule has 1 aliphatic heterocycles. The molecule has 0 aliphatic carbocycles. The number of carbonyl (C=O) groups excluding carboxylic acids is 1. The average Bonchev–Trinajstić information content (AvgIpc) is 2.62. The fourth-order valence-electron chi connectivity index (χ4n) is 2.75. The fourth-order valence-corrected chi connectivity index (χ4v) is 2.75. The van der Waals surface area contributed by atoms with E-state index in [9.17, 15) is 4.79 Å². The predicted molar refractivity (Wildman–Crippen MR) is 89.5 cm³/mol. The van der Waals surface area contributed by atoms with Crippen LogP contribution in [0.3, 0.4) is 0 Å². The smallest absolute Gasteiger partial charge is 0.256 e. The van der Waals surface area contributed by atoms with Gasteiger partial charge in [0, 0.05) is 32.0 Å². The molecule has 1 saturated heterocycles. The summed E-state index contributed by atoms with van der Waals surface area (Å²) in [7, 11) is 1.81. The monoisotopic (exact) mass is 311 g/mol. The summed E-state index contributed by atoms with van der Waals surface area (Å²) in [6, 6.07) is 13.5. The van der Waals surface area contributed by atoms with E-state index >= 15 is 0 Å². The first-order valence-electron chi connectivity index (χ1n) is 7.83. The number of morpholine rings is 1. The number of ether oxygens (including phenoxy) is 1. The highest BCUT2D eigenvalue weighted by Gasteiger charge is 2.20. The second-order valence-electron chi connectivity index (χ2n) is 5.60. The summed E-state index contributed by atoms with van der Waals surface area (Å²) in [6.45, 7) is 3.53. The lowest BCUT2D eigenvalue weighted by Crippen LogP contribution is -2.38. The van der Waals surface area contributed by atoms with Gasteiger partial charge in [0.05, 0.1) is 31.0 Å². The molecule has 1 fully saturated rings. The first-order valence-corrected chi connectivity index (χ1v) is 7.83. The van der Waals surface area contributed by atoms with Crippen molar-refractivity contribution >= 4 is 11.6 Å². The van der Waals surface area contributed by atoms with Gasteiger partial charge in [-0.05, 0) is 24.3 Å². The van der Waals surface area contributed by atoms with E-state index in [0.717, 1.165) is 30.0 Å². The molecule has 0 atom stereocenters. The minimum Gasteiger partial charge on any atom is -0.378 e. The lowest BCUT2D eigenvalue weighted by molar-refractivity contribution is 0.0782. The van der Waals surface area contributed by atoms with Crippen molar-refractivity contribution in [2.24, 2.45) is 0 Å². The predicted octanol–water partition coefficient (Wildman–Crippen LogP) is 2.19. The summed E-state index contributed by atoms with van der Waals surface area (Å²) in [6.07, 6.45) is 1.75. The maximum atomic E-state index is 12.9. The number of aromatic nitrogens is 1. The van der Waals surface area contributed by atoms with Crippen molar-refractivity contribution in [3.63, 3.8) is 0 Å². The lowest BCUT2D eigenvalue weighted by atomic mass is 10.1. The number of hydrogen-bond acceptors (Lipinski definition) is 4. The van der Waals surface area contributed by atoms with Gasteiger partial charge in [0.15, 0.2) is 0 Å². The van der Waals surface area contributed by atoms with Crippen molar-refractivity contribution in [3.8, 4) is 0 Å². The highest BCUT2D eigenvalue weighted by atomic mass is 16.5. The largest absolute Gasteiger partial charge is 0.378 e. The van der Waals surface area contributed by atoms with Crippen molar-refractivity contribution < 1.29 is 9.53 Å². The first kappa shape index (κ1) is 15.5. The Bertz CT molecular complexity index is 654. The van der Waals surface area contributed by atoms with E-state index in [1.165, 1.54) is 0 Å². The molecule has 0 N–H and O–H groups in total. The van der Waals surface area contributed by atoms with E-state index in [-0.39, 0.29) is 5.91 Å². The summed E-state index contributed by atoms with van der Waals surface area (Å²) in [5.41, 5.74) is 2.59. The highest BCUT2D eigenvalue weighted by Crippen LogP contribution is 2.23. The zero-order valence-electron chi connectivity index (χ0n) is 13.3. The van der Waals surface area contributed by atoms with Crippen LogP contribution in [-0.4, -0.2) is 49.1 Å². The van der Waals surface area contributed by atoms with Crippen LogP contribution in [0.25, 0.3) is 0 Å². The Morgan fingerprint density at radius 2 is 1.91 bits per heavy atom. The molecule has 2 aromatic rings. The van der Waals surface area contributed by atoms with Crippen LogP contribution < -0.4 is 4.90 Å². The molecule has 120 valence electrons. The Balaban J connectivity index is 1.79. The molecule has 0 radical (unpaired) electrons. The molecule has 0 spiro atoms. The van der Waals surface area contributed by atoms with Gasteiger partial charge in [0.25, 0.3) is 5.91 Å². The molecule has 5 nitrogen and oxygen atoms in total. The van der Waals surface area contributed by atoms with Gasteiger partial charge < -0.3 is 14.5 Å². The Hall–Kier alpha value is -2.40. The molecular weight excluding hydrogens is 290 g/mol. The van der Waals surface area contributed by atoms with E-state index in [0.29, 0.717) is 19.8 Å². The highest BCUT2D eigenvalue weighted by molar-refractivity contribution is 5.99. The summed E-state index contributed by atoms with van der Waals surface area (Å²) in [4.78, 5) is 21.1. The summed E-state index contributed by atoms with van der Waals surface area (Å²) < 4.78 is 5.40. The average molecular weight is 311 g/mol. The molecule has 3 rings (SSSR count). The normalized spacial score (nSPS) is 14.6. The quantitative estimate of drug-likeness (QED) is 0.868. The second kappa shape index (κ2) is 7.24. The van der Waals surface area contributed by atoms with E-state index < -0.39 is 0 Å². The van der Waals surface area contributed by atoms with Crippen LogP contribution >= 0.6 is 0 Å². The molecule has 0 saturated carbocycles. The molecule has 23 heavy (non-hydrogen) atoms. The van der Waals surface area contributed by atoms with E-state index in [1.807, 2.05) is 49.5 Å². The summed E-state index contributed by atoms with van der Waals surface area (Å²) in [5.74, 6) is 0.0118. The molecule has 1 aliphatic rings. The van der Waals surface area contributed by atoms with Crippen LogP contribution in [0.2, 0.25) is 0 Å². The number of nitrogens with zero attached hydrogens (tertiary/aromatic N) is 3. The van der Waals surface area contributed by atoms with Gasteiger partial charge in [-0.2, -0.15) is 0 Å². The Kier molecular flexibility index (Phi) is 4.88. The Morgan fingerprint density at radius 1 is 1.17 bits per heavy atom. The summed E-state index contributed by atoms with van der Waals surface area (Å²) in [5, 5.41) is 0. The van der Waals surface area contributed by atoms with Crippen LogP contribution in [0.15, 0.2) is 48.7 Å². The molecule has 5 heteroatoms. The van der Waals surface area contributed by atoms with Gasteiger partial charge in [-0.1, -0.05) is 18.2 Å². The molecule has 0 bridgehead atoms. The number of para-hydroxylation sites is 1. The standard InChI is InChI=1S/C18H21N3O2/c1-20(14-15-6-4-5-9-19-15)18(22)16-7-2-3-8-17(16)21-10-12-23-13-11-21/h2-9H,10-14H2,1H3. The molecular formula is C18H21N3O2. The van der Waals surface area contributed by atoms with Gasteiger partial charge in [-0.25, -0.2) is 0 Å². The number of hydrogen-bond donors (Lipinski definition) is 0. The van der Waals surface area contributed by atoms with Crippen molar-refractivity contribution in [3.05, 3.63) is 59.9 Å². The van der Waals surface area contributed by atoms with Gasteiger partial charge in [0.1, 0.15) is 0 Å². The van der Waals surface area contributed by atoms with E-state index in [2.05, 4.69) is 9.88 Å². The fraction of sp³-hybridized carbons (Fsp3) is 0.333. The number of amides is 1. The van der Waals surface area contributed by atoms with Crippen molar-refractivity contribution in [1.29, 1.82) is 0 Å². The first-order chi connectivity index (χ1) is 11.3. The van der Waals surface area contributed by atoms with Gasteiger partial charge >= 0.3 is 0 Å². The van der Waals surface area contributed by atoms with Crippen LogP contribution in [-0.2, 0) is 11.3 Å². The maximum absolute atomic E-state index is 12.9. The molecule has 2 heterocycles. The minimum atomic E-state index is 0.0118. The third-order valence-corrected chi connectivity index (χ3v) is 3.96. The summed E-state index contributed by atoms with van der Waals surface area (Å²) >= 11 is 0. The van der Waals surface area contributed by atoms with Crippen molar-refractivity contribution in [2.45, 2.75) is 6.54 Å². The number of rotatable bonds is 4. The van der Waals surface area contributed by atoms with Gasteiger partial charge in [-0.15, -0.1) is 0 Å². The third-order valence-electron chi connectivity index (χ3n) is 3.96. The minimum absolute atomic E-state index is 0.0118. The van der Waals surface area contributed by atoms with Crippen LogP contribution in [0.1, 0.15) is 16.1 Å². The van der Waals surface area contributed by atoms with E-state index in [1.54, 1.807) is 11.1 Å².